The maximum Gasteiger partial charge on any atom is 0.138 e. The number of hydrogen-bond donors (Lipinski definition) is 1. The molecule has 0 aliphatic heterocycles. The standard InChI is InChI=1S/C14H15ClO3S/c15-13-5-1-2-6-14(13)18-9-11(16)8-17-10-12-4-3-7-19-12/h1-7,11,16H,8-10H2. The Hall–Kier alpha value is -1.07. The molecule has 0 radical (unpaired) electrons. The second-order valence-electron chi connectivity index (χ2n) is 3.99. The molecule has 102 valence electrons. The van der Waals surface area contributed by atoms with Gasteiger partial charge in [-0.15, -0.1) is 11.3 Å². The van der Waals surface area contributed by atoms with Crippen molar-refractivity contribution in [3.8, 4) is 5.75 Å². The molecule has 0 fully saturated rings. The van der Waals surface area contributed by atoms with Crippen molar-refractivity contribution in [2.24, 2.45) is 0 Å². The van der Waals surface area contributed by atoms with Crippen LogP contribution < -0.4 is 4.74 Å². The fourth-order valence-corrected chi connectivity index (χ4v) is 2.32. The minimum atomic E-state index is -0.670. The van der Waals surface area contributed by atoms with Gasteiger partial charge in [0.2, 0.25) is 0 Å². The number of aliphatic hydroxyl groups excluding tert-OH is 1. The van der Waals surface area contributed by atoms with Crippen LogP contribution in [0.1, 0.15) is 4.88 Å². The molecule has 0 amide bonds. The van der Waals surface area contributed by atoms with Crippen molar-refractivity contribution in [3.05, 3.63) is 51.7 Å². The number of hydrogen-bond acceptors (Lipinski definition) is 4. The van der Waals surface area contributed by atoms with Crippen molar-refractivity contribution >= 4 is 22.9 Å². The molecule has 0 aliphatic rings. The molecule has 1 N–H and O–H groups in total. The van der Waals surface area contributed by atoms with E-state index in [0.29, 0.717) is 17.4 Å². The molecular weight excluding hydrogens is 284 g/mol. The number of para-hydroxylation sites is 1. The summed E-state index contributed by atoms with van der Waals surface area (Å²) < 4.78 is 10.8. The molecule has 1 aromatic heterocycles. The quantitative estimate of drug-likeness (QED) is 0.852. The molecule has 0 bridgehead atoms. The predicted octanol–water partition coefficient (Wildman–Crippen LogP) is 3.36. The van der Waals surface area contributed by atoms with E-state index in [9.17, 15) is 5.11 Å². The highest BCUT2D eigenvalue weighted by Crippen LogP contribution is 2.23. The largest absolute Gasteiger partial charge is 0.489 e. The highest BCUT2D eigenvalue weighted by Gasteiger charge is 2.07. The van der Waals surface area contributed by atoms with Crippen LogP contribution in [0.5, 0.6) is 5.75 Å². The van der Waals surface area contributed by atoms with Gasteiger partial charge >= 0.3 is 0 Å². The number of halogens is 1. The van der Waals surface area contributed by atoms with E-state index in [0.717, 1.165) is 4.88 Å². The Kier molecular flexibility index (Phi) is 5.66. The van der Waals surface area contributed by atoms with Gasteiger partial charge < -0.3 is 14.6 Å². The first-order valence-electron chi connectivity index (χ1n) is 5.91. The molecule has 0 spiro atoms. The lowest BCUT2D eigenvalue weighted by molar-refractivity contribution is 0.00627. The Labute approximate surface area is 121 Å². The lowest BCUT2D eigenvalue weighted by Gasteiger charge is -2.13. The molecular formula is C14H15ClO3S. The fraction of sp³-hybridized carbons (Fsp3) is 0.286. The Balaban J connectivity index is 1.67. The van der Waals surface area contributed by atoms with Crippen molar-refractivity contribution in [1.82, 2.24) is 0 Å². The molecule has 1 unspecified atom stereocenters. The highest BCUT2D eigenvalue weighted by atomic mass is 35.5. The number of aliphatic hydroxyl groups is 1. The molecule has 19 heavy (non-hydrogen) atoms. The second kappa shape index (κ2) is 7.50. The SMILES string of the molecule is OC(COCc1cccs1)COc1ccccc1Cl. The van der Waals surface area contributed by atoms with Gasteiger partial charge in [0, 0.05) is 4.88 Å². The van der Waals surface area contributed by atoms with Gasteiger partial charge in [-0.25, -0.2) is 0 Å². The third-order valence-corrected chi connectivity index (χ3v) is 3.56. The molecule has 1 aromatic carbocycles. The molecule has 0 saturated carbocycles. The fourth-order valence-electron chi connectivity index (χ4n) is 1.49. The van der Waals surface area contributed by atoms with Crippen molar-refractivity contribution < 1.29 is 14.6 Å². The average molecular weight is 299 g/mol. The predicted molar refractivity (Wildman–Crippen MR) is 76.9 cm³/mol. The smallest absolute Gasteiger partial charge is 0.138 e. The van der Waals surface area contributed by atoms with E-state index in [4.69, 9.17) is 21.1 Å². The zero-order valence-electron chi connectivity index (χ0n) is 10.3. The van der Waals surface area contributed by atoms with Gasteiger partial charge in [0.25, 0.3) is 0 Å². The van der Waals surface area contributed by atoms with Crippen LogP contribution in [-0.4, -0.2) is 24.4 Å². The van der Waals surface area contributed by atoms with Crippen molar-refractivity contribution in [3.63, 3.8) is 0 Å². The molecule has 1 atom stereocenters. The van der Waals surface area contributed by atoms with Gasteiger partial charge in [0.15, 0.2) is 0 Å². The first-order valence-corrected chi connectivity index (χ1v) is 7.17. The Morgan fingerprint density at radius 3 is 2.74 bits per heavy atom. The summed E-state index contributed by atoms with van der Waals surface area (Å²) in [6.45, 7) is 0.914. The minimum absolute atomic E-state index is 0.161. The Morgan fingerprint density at radius 2 is 2.00 bits per heavy atom. The Morgan fingerprint density at radius 1 is 1.16 bits per heavy atom. The maximum absolute atomic E-state index is 9.74. The summed E-state index contributed by atoms with van der Waals surface area (Å²) in [5.41, 5.74) is 0. The van der Waals surface area contributed by atoms with E-state index < -0.39 is 6.10 Å². The zero-order chi connectivity index (χ0) is 13.5. The van der Waals surface area contributed by atoms with Crippen LogP contribution in [0.15, 0.2) is 41.8 Å². The summed E-state index contributed by atoms with van der Waals surface area (Å²) in [6, 6.07) is 11.1. The van der Waals surface area contributed by atoms with Crippen LogP contribution in [0, 0.1) is 0 Å². The van der Waals surface area contributed by atoms with Gasteiger partial charge in [0.1, 0.15) is 18.5 Å². The van der Waals surface area contributed by atoms with Crippen LogP contribution in [-0.2, 0) is 11.3 Å². The summed E-state index contributed by atoms with van der Waals surface area (Å²) in [5, 5.41) is 12.3. The van der Waals surface area contributed by atoms with Crippen LogP contribution in [0.2, 0.25) is 5.02 Å². The number of benzene rings is 1. The van der Waals surface area contributed by atoms with Crippen LogP contribution >= 0.6 is 22.9 Å². The monoisotopic (exact) mass is 298 g/mol. The summed E-state index contributed by atoms with van der Waals surface area (Å²) >= 11 is 7.57. The molecule has 2 aromatic rings. The lowest BCUT2D eigenvalue weighted by Crippen LogP contribution is -2.23. The van der Waals surface area contributed by atoms with Gasteiger partial charge in [-0.2, -0.15) is 0 Å². The van der Waals surface area contributed by atoms with Gasteiger partial charge in [0.05, 0.1) is 18.2 Å². The minimum Gasteiger partial charge on any atom is -0.489 e. The van der Waals surface area contributed by atoms with Crippen molar-refractivity contribution in [2.45, 2.75) is 12.7 Å². The van der Waals surface area contributed by atoms with E-state index in [-0.39, 0.29) is 13.2 Å². The summed E-state index contributed by atoms with van der Waals surface area (Å²) in [5.74, 6) is 0.571. The highest BCUT2D eigenvalue weighted by molar-refractivity contribution is 7.09. The number of rotatable bonds is 7. The Bertz CT molecular complexity index is 487. The number of ether oxygens (including phenoxy) is 2. The van der Waals surface area contributed by atoms with Crippen LogP contribution in [0.25, 0.3) is 0 Å². The van der Waals surface area contributed by atoms with E-state index in [1.165, 1.54) is 0 Å². The summed E-state index contributed by atoms with van der Waals surface area (Å²) in [7, 11) is 0. The molecule has 2 rings (SSSR count). The summed E-state index contributed by atoms with van der Waals surface area (Å²) in [6.07, 6.45) is -0.670. The number of thiophene rings is 1. The topological polar surface area (TPSA) is 38.7 Å². The van der Waals surface area contributed by atoms with E-state index in [2.05, 4.69) is 0 Å². The molecule has 1 heterocycles. The van der Waals surface area contributed by atoms with Gasteiger partial charge in [-0.3, -0.25) is 0 Å². The maximum atomic E-state index is 9.74. The zero-order valence-corrected chi connectivity index (χ0v) is 11.9. The molecule has 0 saturated heterocycles. The van der Waals surface area contributed by atoms with Gasteiger partial charge in [-0.05, 0) is 23.6 Å². The van der Waals surface area contributed by atoms with Crippen LogP contribution in [0.4, 0.5) is 0 Å². The molecule has 5 heteroatoms. The first kappa shape index (κ1) is 14.3. The lowest BCUT2D eigenvalue weighted by atomic mass is 10.3. The third-order valence-electron chi connectivity index (χ3n) is 2.40. The molecule has 0 aliphatic carbocycles. The first-order chi connectivity index (χ1) is 9.25. The van der Waals surface area contributed by atoms with E-state index in [1.54, 1.807) is 23.5 Å². The average Bonchev–Trinajstić information content (AvgIpc) is 2.91. The van der Waals surface area contributed by atoms with Crippen LogP contribution in [0.3, 0.4) is 0 Å². The second-order valence-corrected chi connectivity index (χ2v) is 5.43. The normalized spacial score (nSPS) is 12.3. The van der Waals surface area contributed by atoms with Crippen molar-refractivity contribution in [1.29, 1.82) is 0 Å². The van der Waals surface area contributed by atoms with E-state index in [1.807, 2.05) is 29.6 Å². The van der Waals surface area contributed by atoms with Crippen molar-refractivity contribution in [2.75, 3.05) is 13.2 Å². The van der Waals surface area contributed by atoms with E-state index >= 15 is 0 Å². The summed E-state index contributed by atoms with van der Waals surface area (Å²) in [4.78, 5) is 1.14. The molecule has 3 nitrogen and oxygen atoms in total. The van der Waals surface area contributed by atoms with Gasteiger partial charge in [-0.1, -0.05) is 29.8 Å². The third kappa shape index (κ3) is 4.84.